The molecule has 0 saturated carbocycles. The van der Waals surface area contributed by atoms with Crippen LogP contribution in [0.25, 0.3) is 6.08 Å². The summed E-state index contributed by atoms with van der Waals surface area (Å²) in [5.41, 5.74) is 3.19. The van der Waals surface area contributed by atoms with Crippen molar-refractivity contribution in [3.8, 4) is 11.5 Å². The summed E-state index contributed by atoms with van der Waals surface area (Å²) in [6.07, 6.45) is 1.63. The summed E-state index contributed by atoms with van der Waals surface area (Å²) in [5, 5.41) is 3.02. The van der Waals surface area contributed by atoms with Crippen LogP contribution in [0, 0.1) is 6.92 Å². The van der Waals surface area contributed by atoms with Crippen LogP contribution in [-0.2, 0) is 16.1 Å². The zero-order valence-corrected chi connectivity index (χ0v) is 23.8. The molecular weight excluding hydrogens is 592 g/mol. The van der Waals surface area contributed by atoms with Crippen LogP contribution in [0.5, 0.6) is 11.5 Å². The zero-order chi connectivity index (χ0) is 27.2. The normalized spacial score (nSPS) is 14.2. The van der Waals surface area contributed by atoms with Gasteiger partial charge < -0.3 is 14.8 Å². The number of aryl methyl sites for hydroxylation is 1. The summed E-state index contributed by atoms with van der Waals surface area (Å²) in [7, 11) is 0. The molecule has 0 unspecified atom stereocenters. The fourth-order valence-electron chi connectivity index (χ4n) is 3.57. The molecule has 3 aromatic carbocycles. The highest BCUT2D eigenvalue weighted by molar-refractivity contribution is 9.10. The number of ether oxygens (including phenoxy) is 2. The van der Waals surface area contributed by atoms with E-state index in [1.165, 1.54) is 4.90 Å². The number of amides is 3. The Labute approximate surface area is 238 Å². The molecular formula is C28H24BrClN2O5S. The van der Waals surface area contributed by atoms with Crippen molar-refractivity contribution in [3.05, 3.63) is 91.8 Å². The molecule has 3 amide bonds. The van der Waals surface area contributed by atoms with Crippen LogP contribution < -0.4 is 14.8 Å². The lowest BCUT2D eigenvalue weighted by Gasteiger charge is -2.14. The highest BCUT2D eigenvalue weighted by Gasteiger charge is 2.35. The maximum Gasteiger partial charge on any atom is 0.293 e. The first kappa shape index (κ1) is 27.8. The van der Waals surface area contributed by atoms with E-state index in [9.17, 15) is 14.4 Å². The maximum absolute atomic E-state index is 13.0. The van der Waals surface area contributed by atoms with Crippen molar-refractivity contribution in [3.63, 3.8) is 0 Å². The smallest absolute Gasteiger partial charge is 0.293 e. The Morgan fingerprint density at radius 3 is 2.42 bits per heavy atom. The largest absolute Gasteiger partial charge is 0.490 e. The van der Waals surface area contributed by atoms with E-state index in [4.69, 9.17) is 21.1 Å². The van der Waals surface area contributed by atoms with Crippen molar-refractivity contribution in [2.45, 2.75) is 20.4 Å². The van der Waals surface area contributed by atoms with Crippen molar-refractivity contribution < 1.29 is 23.9 Å². The van der Waals surface area contributed by atoms with Gasteiger partial charge >= 0.3 is 0 Å². The van der Waals surface area contributed by atoms with Gasteiger partial charge in [-0.25, -0.2) is 0 Å². The number of halogens is 2. The number of hydrogen-bond acceptors (Lipinski definition) is 6. The summed E-state index contributed by atoms with van der Waals surface area (Å²) in [6, 6.07) is 17.8. The molecule has 1 N–H and O–H groups in total. The molecule has 1 aliphatic rings. The summed E-state index contributed by atoms with van der Waals surface area (Å²) in [6.45, 7) is 4.10. The number of thioether (sulfide) groups is 1. The fourth-order valence-corrected chi connectivity index (χ4v) is 4.96. The van der Waals surface area contributed by atoms with Crippen LogP contribution >= 0.6 is 39.3 Å². The van der Waals surface area contributed by atoms with Gasteiger partial charge in [0.2, 0.25) is 0 Å². The van der Waals surface area contributed by atoms with Gasteiger partial charge in [0, 0.05) is 15.2 Å². The molecule has 0 atom stereocenters. The van der Waals surface area contributed by atoms with Gasteiger partial charge in [0.1, 0.15) is 0 Å². The highest BCUT2D eigenvalue weighted by atomic mass is 79.9. The minimum atomic E-state index is -0.382. The van der Waals surface area contributed by atoms with E-state index in [0.717, 1.165) is 22.9 Å². The second kappa shape index (κ2) is 12.5. The van der Waals surface area contributed by atoms with E-state index < -0.39 is 0 Å². The summed E-state index contributed by atoms with van der Waals surface area (Å²) in [5.74, 6) is 0.0787. The van der Waals surface area contributed by atoms with Crippen LogP contribution in [0.1, 0.15) is 23.6 Å². The van der Waals surface area contributed by atoms with Crippen LogP contribution in [-0.4, -0.2) is 35.2 Å². The van der Waals surface area contributed by atoms with E-state index in [2.05, 4.69) is 21.2 Å². The first-order chi connectivity index (χ1) is 18.2. The van der Waals surface area contributed by atoms with Gasteiger partial charge in [0.05, 0.1) is 18.1 Å². The Hall–Kier alpha value is -3.27. The van der Waals surface area contributed by atoms with Crippen LogP contribution in [0.4, 0.5) is 10.5 Å². The Morgan fingerprint density at radius 1 is 1.05 bits per heavy atom. The topological polar surface area (TPSA) is 84.9 Å². The van der Waals surface area contributed by atoms with Gasteiger partial charge in [-0.05, 0) is 79.2 Å². The van der Waals surface area contributed by atoms with Gasteiger partial charge in [-0.15, -0.1) is 0 Å². The van der Waals surface area contributed by atoms with Crippen LogP contribution in [0.15, 0.2) is 70.0 Å². The summed E-state index contributed by atoms with van der Waals surface area (Å²) in [4.78, 5) is 39.4. The number of nitrogens with one attached hydrogen (secondary N) is 1. The lowest BCUT2D eigenvalue weighted by atomic mass is 10.1. The molecule has 0 aliphatic carbocycles. The maximum atomic E-state index is 13.0. The quantitative estimate of drug-likeness (QED) is 0.259. The van der Waals surface area contributed by atoms with Crippen molar-refractivity contribution in [2.75, 3.05) is 18.5 Å². The molecule has 10 heteroatoms. The molecule has 7 nitrogen and oxygen atoms in total. The van der Waals surface area contributed by atoms with E-state index in [-0.39, 0.29) is 30.2 Å². The Balaban J connectivity index is 1.48. The minimum Gasteiger partial charge on any atom is -0.490 e. The van der Waals surface area contributed by atoms with E-state index >= 15 is 0 Å². The second-order valence-corrected chi connectivity index (χ2v) is 10.6. The molecule has 0 bridgehead atoms. The third-order valence-electron chi connectivity index (χ3n) is 5.47. The molecule has 0 radical (unpaired) electrons. The van der Waals surface area contributed by atoms with E-state index in [1.54, 1.807) is 42.5 Å². The monoisotopic (exact) mass is 614 g/mol. The Bertz CT molecular complexity index is 1390. The SMILES string of the molecule is CCOc1cc(/C=C2/SC(=O)N(Cc3ccc(Cl)cc3)C2=O)c(Br)cc1OCC(=O)Nc1ccc(C)cc1. The van der Waals surface area contributed by atoms with Gasteiger partial charge in [0.25, 0.3) is 17.1 Å². The molecule has 1 heterocycles. The van der Waals surface area contributed by atoms with Gasteiger partial charge in [-0.1, -0.05) is 57.4 Å². The molecule has 4 rings (SSSR count). The number of benzene rings is 3. The number of imide groups is 1. The minimum absolute atomic E-state index is 0.155. The fraction of sp³-hybridized carbons (Fsp3) is 0.179. The van der Waals surface area contributed by atoms with Crippen LogP contribution in [0.2, 0.25) is 5.02 Å². The summed E-state index contributed by atoms with van der Waals surface area (Å²) < 4.78 is 12.1. The van der Waals surface area contributed by atoms with Crippen molar-refractivity contribution in [1.82, 2.24) is 4.90 Å². The number of anilines is 1. The summed E-state index contributed by atoms with van der Waals surface area (Å²) >= 11 is 10.3. The van der Waals surface area contributed by atoms with Crippen molar-refractivity contribution in [2.24, 2.45) is 0 Å². The highest BCUT2D eigenvalue weighted by Crippen LogP contribution is 2.38. The molecule has 196 valence electrons. The number of rotatable bonds is 9. The van der Waals surface area contributed by atoms with E-state index in [1.807, 2.05) is 38.1 Å². The molecule has 0 aromatic heterocycles. The lowest BCUT2D eigenvalue weighted by Crippen LogP contribution is -2.27. The Kier molecular flexibility index (Phi) is 9.14. The van der Waals surface area contributed by atoms with Crippen molar-refractivity contribution in [1.29, 1.82) is 0 Å². The van der Waals surface area contributed by atoms with Gasteiger partial charge in [0.15, 0.2) is 18.1 Å². The standard InChI is InChI=1S/C28H24BrClN2O5S/c1-3-36-23-12-19(13-25-27(34)32(28(35)38-25)15-18-6-8-20(30)9-7-18)22(29)14-24(23)37-16-26(33)31-21-10-4-17(2)5-11-21/h4-14H,3,15-16H2,1-2H3,(H,31,33)/b25-13+. The first-order valence-corrected chi connectivity index (χ1v) is 13.7. The van der Waals surface area contributed by atoms with Gasteiger partial charge in [-0.3, -0.25) is 19.3 Å². The van der Waals surface area contributed by atoms with E-state index in [0.29, 0.717) is 43.8 Å². The van der Waals surface area contributed by atoms with Crippen LogP contribution in [0.3, 0.4) is 0 Å². The zero-order valence-electron chi connectivity index (χ0n) is 20.6. The Morgan fingerprint density at radius 2 is 1.74 bits per heavy atom. The average molecular weight is 616 g/mol. The third-order valence-corrected chi connectivity index (χ3v) is 7.32. The van der Waals surface area contributed by atoms with Gasteiger partial charge in [-0.2, -0.15) is 0 Å². The molecule has 3 aromatic rings. The third kappa shape index (κ3) is 6.98. The van der Waals surface area contributed by atoms with Crippen molar-refractivity contribution >= 4 is 68.1 Å². The molecule has 38 heavy (non-hydrogen) atoms. The average Bonchev–Trinajstić information content (AvgIpc) is 3.15. The second-order valence-electron chi connectivity index (χ2n) is 8.35. The predicted molar refractivity (Wildman–Crippen MR) is 154 cm³/mol. The molecule has 1 fully saturated rings. The first-order valence-electron chi connectivity index (χ1n) is 11.7. The lowest BCUT2D eigenvalue weighted by molar-refractivity contribution is -0.123. The molecule has 0 spiro atoms. The number of carbonyl (C=O) groups is 3. The number of carbonyl (C=O) groups excluding carboxylic acids is 3. The molecule has 1 aliphatic heterocycles. The predicted octanol–water partition coefficient (Wildman–Crippen LogP) is 7.06. The number of nitrogens with zero attached hydrogens (tertiary/aromatic N) is 1. The number of hydrogen-bond donors (Lipinski definition) is 1. The molecule has 1 saturated heterocycles.